The molecule has 1 aliphatic heterocycles. The molecule has 0 unspecified atom stereocenters. The van der Waals surface area contributed by atoms with E-state index >= 15 is 0 Å². The zero-order valence-corrected chi connectivity index (χ0v) is 11.6. The van der Waals surface area contributed by atoms with Gasteiger partial charge in [0.2, 0.25) is 0 Å². The van der Waals surface area contributed by atoms with Crippen LogP contribution in [0, 0.1) is 4.77 Å². The molecule has 0 amide bonds. The van der Waals surface area contributed by atoms with Gasteiger partial charge < -0.3 is 4.57 Å². The Morgan fingerprint density at radius 1 is 1.41 bits per heavy atom. The minimum absolute atomic E-state index is 0.169. The quantitative estimate of drug-likeness (QED) is 0.836. The van der Waals surface area contributed by atoms with Gasteiger partial charge in [0, 0.05) is 12.0 Å². The van der Waals surface area contributed by atoms with Gasteiger partial charge in [-0.2, -0.15) is 5.10 Å². The van der Waals surface area contributed by atoms with Crippen molar-refractivity contribution in [1.29, 1.82) is 0 Å². The summed E-state index contributed by atoms with van der Waals surface area (Å²) in [7, 11) is -2.83. The van der Waals surface area contributed by atoms with Gasteiger partial charge in [0.05, 0.1) is 11.5 Å². The Morgan fingerprint density at radius 3 is 2.53 bits per heavy atom. The van der Waals surface area contributed by atoms with Crippen LogP contribution >= 0.6 is 12.2 Å². The summed E-state index contributed by atoms with van der Waals surface area (Å²) in [6.45, 7) is 4.11. The number of aromatic nitrogens is 3. The third kappa shape index (κ3) is 2.60. The molecule has 2 heterocycles. The summed E-state index contributed by atoms with van der Waals surface area (Å²) in [5.74, 6) is 1.70. The number of hydrogen-bond donors (Lipinski definition) is 1. The normalized spacial score (nSPS) is 20.9. The molecule has 1 aromatic heterocycles. The molecule has 0 radical (unpaired) electrons. The van der Waals surface area contributed by atoms with Crippen LogP contribution in [0.3, 0.4) is 0 Å². The highest BCUT2D eigenvalue weighted by molar-refractivity contribution is 7.91. The molecule has 0 saturated carbocycles. The smallest absolute Gasteiger partial charge is 0.195 e. The molecule has 2 rings (SSSR count). The second-order valence-electron chi connectivity index (χ2n) is 4.79. The Hall–Kier alpha value is -0.690. The SMILES string of the molecule is CC(C)c1n[nH]c(=S)n1C1CCS(=O)(=O)CC1. The van der Waals surface area contributed by atoms with E-state index in [-0.39, 0.29) is 23.5 Å². The molecule has 0 aromatic carbocycles. The summed E-state index contributed by atoms with van der Waals surface area (Å²) in [4.78, 5) is 0. The van der Waals surface area contributed by atoms with E-state index in [1.165, 1.54) is 0 Å². The van der Waals surface area contributed by atoms with Crippen molar-refractivity contribution in [3.63, 3.8) is 0 Å². The molecule has 96 valence electrons. The summed E-state index contributed by atoms with van der Waals surface area (Å²) in [5.41, 5.74) is 0. The van der Waals surface area contributed by atoms with E-state index < -0.39 is 9.84 Å². The average molecular weight is 275 g/mol. The largest absolute Gasteiger partial charge is 0.301 e. The molecule has 1 fully saturated rings. The number of nitrogens with one attached hydrogen (secondary N) is 1. The fourth-order valence-corrected chi connectivity index (χ4v) is 3.97. The van der Waals surface area contributed by atoms with Crippen LogP contribution < -0.4 is 0 Å². The maximum Gasteiger partial charge on any atom is 0.195 e. The predicted molar refractivity (Wildman–Crippen MR) is 68.4 cm³/mol. The van der Waals surface area contributed by atoms with Crippen LogP contribution in [0.25, 0.3) is 0 Å². The molecule has 0 spiro atoms. The van der Waals surface area contributed by atoms with E-state index in [4.69, 9.17) is 12.2 Å². The lowest BCUT2D eigenvalue weighted by Crippen LogP contribution is -2.26. The minimum atomic E-state index is -2.83. The van der Waals surface area contributed by atoms with Gasteiger partial charge in [0.1, 0.15) is 15.7 Å². The zero-order chi connectivity index (χ0) is 12.6. The lowest BCUT2D eigenvalue weighted by atomic mass is 10.1. The van der Waals surface area contributed by atoms with Crippen LogP contribution in [-0.4, -0.2) is 34.7 Å². The summed E-state index contributed by atoms with van der Waals surface area (Å²) < 4.78 is 25.4. The summed E-state index contributed by atoms with van der Waals surface area (Å²) in [5, 5.41) is 7.03. The summed E-state index contributed by atoms with van der Waals surface area (Å²) >= 11 is 5.23. The van der Waals surface area contributed by atoms with Crippen LogP contribution in [0.1, 0.15) is 44.5 Å². The molecule has 17 heavy (non-hydrogen) atoms. The van der Waals surface area contributed by atoms with E-state index in [2.05, 4.69) is 24.0 Å². The number of rotatable bonds is 2. The van der Waals surface area contributed by atoms with Crippen molar-refractivity contribution in [2.75, 3.05) is 11.5 Å². The molecule has 0 bridgehead atoms. The lowest BCUT2D eigenvalue weighted by Gasteiger charge is -2.25. The standard InChI is InChI=1S/C10H17N3O2S2/c1-7(2)9-11-12-10(16)13(9)8-3-5-17(14,15)6-4-8/h7-8H,3-6H2,1-2H3,(H,12,16). The van der Waals surface area contributed by atoms with Crippen LogP contribution in [0.15, 0.2) is 0 Å². The van der Waals surface area contributed by atoms with Crippen molar-refractivity contribution in [3.8, 4) is 0 Å². The molecular formula is C10H17N3O2S2. The summed E-state index contributed by atoms with van der Waals surface area (Å²) in [6, 6.07) is 0.169. The van der Waals surface area contributed by atoms with Gasteiger partial charge >= 0.3 is 0 Å². The predicted octanol–water partition coefficient (Wildman–Crippen LogP) is 1.81. The van der Waals surface area contributed by atoms with Crippen LogP contribution in [0.4, 0.5) is 0 Å². The maximum absolute atomic E-state index is 11.4. The molecule has 1 aromatic rings. The molecule has 1 N–H and O–H groups in total. The van der Waals surface area contributed by atoms with E-state index in [9.17, 15) is 8.42 Å². The topological polar surface area (TPSA) is 67.8 Å². The van der Waals surface area contributed by atoms with Gasteiger partial charge in [0.25, 0.3) is 0 Å². The second kappa shape index (κ2) is 4.53. The first-order chi connectivity index (χ1) is 7.91. The summed E-state index contributed by atoms with van der Waals surface area (Å²) in [6.07, 6.45) is 1.27. The Bertz CT molecular complexity index is 542. The maximum atomic E-state index is 11.4. The van der Waals surface area contributed by atoms with Crippen LogP contribution in [0.5, 0.6) is 0 Å². The van der Waals surface area contributed by atoms with Gasteiger partial charge in [-0.05, 0) is 25.1 Å². The minimum Gasteiger partial charge on any atom is -0.301 e. The third-order valence-corrected chi connectivity index (χ3v) is 5.14. The molecule has 7 heteroatoms. The Kier molecular flexibility index (Phi) is 3.40. The molecule has 5 nitrogen and oxygen atoms in total. The average Bonchev–Trinajstić information content (AvgIpc) is 2.61. The molecule has 1 aliphatic rings. The fraction of sp³-hybridized carbons (Fsp3) is 0.800. The number of H-pyrrole nitrogens is 1. The number of sulfone groups is 1. The van der Waals surface area contributed by atoms with Crippen molar-refractivity contribution < 1.29 is 8.42 Å². The van der Waals surface area contributed by atoms with Crippen molar-refractivity contribution in [1.82, 2.24) is 14.8 Å². The highest BCUT2D eigenvalue weighted by atomic mass is 32.2. The number of aromatic amines is 1. The van der Waals surface area contributed by atoms with E-state index in [0.717, 1.165) is 5.82 Å². The van der Waals surface area contributed by atoms with Crippen molar-refractivity contribution in [2.45, 2.75) is 38.6 Å². The van der Waals surface area contributed by atoms with Crippen molar-refractivity contribution in [3.05, 3.63) is 10.6 Å². The Balaban J connectivity index is 2.30. The first kappa shape index (κ1) is 12.8. The van der Waals surface area contributed by atoms with Gasteiger partial charge in [-0.1, -0.05) is 13.8 Å². The van der Waals surface area contributed by atoms with E-state index in [1.54, 1.807) is 0 Å². The lowest BCUT2D eigenvalue weighted by molar-refractivity contribution is 0.426. The Morgan fingerprint density at radius 2 is 2.00 bits per heavy atom. The first-order valence-electron chi connectivity index (χ1n) is 5.78. The van der Waals surface area contributed by atoms with Crippen molar-refractivity contribution in [2.24, 2.45) is 0 Å². The van der Waals surface area contributed by atoms with E-state index in [1.807, 2.05) is 4.57 Å². The molecule has 0 aliphatic carbocycles. The second-order valence-corrected chi connectivity index (χ2v) is 7.48. The van der Waals surface area contributed by atoms with Gasteiger partial charge in [-0.15, -0.1) is 0 Å². The molecule has 1 saturated heterocycles. The number of nitrogens with zero attached hydrogens (tertiary/aromatic N) is 2. The third-order valence-electron chi connectivity index (χ3n) is 3.14. The zero-order valence-electron chi connectivity index (χ0n) is 10.0. The first-order valence-corrected chi connectivity index (χ1v) is 8.01. The van der Waals surface area contributed by atoms with Gasteiger partial charge in [0.15, 0.2) is 4.77 Å². The Labute approximate surface area is 106 Å². The van der Waals surface area contributed by atoms with Gasteiger partial charge in [-0.25, -0.2) is 8.42 Å². The highest BCUT2D eigenvalue weighted by Crippen LogP contribution is 2.27. The monoisotopic (exact) mass is 275 g/mol. The number of hydrogen-bond acceptors (Lipinski definition) is 4. The van der Waals surface area contributed by atoms with Crippen LogP contribution in [-0.2, 0) is 9.84 Å². The van der Waals surface area contributed by atoms with Crippen molar-refractivity contribution >= 4 is 22.1 Å². The fourth-order valence-electron chi connectivity index (χ4n) is 2.21. The molecule has 0 atom stereocenters. The molecular weight excluding hydrogens is 258 g/mol. The van der Waals surface area contributed by atoms with Crippen LogP contribution in [0.2, 0.25) is 0 Å². The van der Waals surface area contributed by atoms with E-state index in [0.29, 0.717) is 17.6 Å². The van der Waals surface area contributed by atoms with Gasteiger partial charge in [-0.3, -0.25) is 5.10 Å². The highest BCUT2D eigenvalue weighted by Gasteiger charge is 2.27.